The van der Waals surface area contributed by atoms with Crippen molar-refractivity contribution in [1.82, 2.24) is 10.2 Å². The Morgan fingerprint density at radius 3 is 2.15 bits per heavy atom. The number of amides is 2. The first-order chi connectivity index (χ1) is 13.2. The van der Waals surface area contributed by atoms with Crippen molar-refractivity contribution in [1.29, 1.82) is 0 Å². The molecule has 0 heterocycles. The van der Waals surface area contributed by atoms with E-state index in [-0.39, 0.29) is 11.8 Å². The van der Waals surface area contributed by atoms with Gasteiger partial charge in [0.1, 0.15) is 6.04 Å². The Balaban J connectivity index is 2.29. The number of hydrogen-bond acceptors (Lipinski definition) is 2. The molecule has 1 atom stereocenters. The van der Waals surface area contributed by atoms with Crippen LogP contribution in [0.1, 0.15) is 56.7 Å². The fourth-order valence-corrected chi connectivity index (χ4v) is 3.10. The zero-order chi connectivity index (χ0) is 19.5. The van der Waals surface area contributed by atoms with E-state index in [0.717, 1.165) is 30.4 Å². The van der Waals surface area contributed by atoms with Crippen molar-refractivity contribution in [2.24, 2.45) is 0 Å². The van der Waals surface area contributed by atoms with Gasteiger partial charge >= 0.3 is 0 Å². The summed E-state index contributed by atoms with van der Waals surface area (Å²) in [6, 6.07) is 18.8. The summed E-state index contributed by atoms with van der Waals surface area (Å²) in [5.41, 5.74) is 1.85. The molecule has 0 saturated heterocycles. The first-order valence-corrected chi connectivity index (χ1v) is 9.83. The summed E-state index contributed by atoms with van der Waals surface area (Å²) in [5, 5.41) is 3.03. The topological polar surface area (TPSA) is 49.4 Å². The van der Waals surface area contributed by atoms with Gasteiger partial charge in [-0.3, -0.25) is 9.59 Å². The highest BCUT2D eigenvalue weighted by Gasteiger charge is 2.30. The Kier molecular flexibility index (Phi) is 8.56. The van der Waals surface area contributed by atoms with Gasteiger partial charge in [-0.1, -0.05) is 87.4 Å². The first-order valence-electron chi connectivity index (χ1n) is 9.83. The Hall–Kier alpha value is -2.62. The van der Waals surface area contributed by atoms with Crippen LogP contribution in [0.5, 0.6) is 0 Å². The van der Waals surface area contributed by atoms with E-state index in [1.165, 1.54) is 0 Å². The minimum atomic E-state index is -0.625. The minimum absolute atomic E-state index is 0.0311. The van der Waals surface area contributed by atoms with Gasteiger partial charge in [0.15, 0.2) is 0 Å². The molecule has 2 rings (SSSR count). The molecule has 4 heteroatoms. The van der Waals surface area contributed by atoms with Crippen molar-refractivity contribution in [2.45, 2.75) is 52.1 Å². The third-order valence-electron chi connectivity index (χ3n) is 4.57. The molecule has 27 heavy (non-hydrogen) atoms. The summed E-state index contributed by atoms with van der Waals surface area (Å²) >= 11 is 0. The number of nitrogens with zero attached hydrogens (tertiary/aromatic N) is 1. The SMILES string of the molecule is CCCCCNC(=O)[C@H](c1ccccc1)N(Cc1ccccc1)C(=O)CC. The molecule has 2 aromatic rings. The highest BCUT2D eigenvalue weighted by Crippen LogP contribution is 2.24. The van der Waals surface area contributed by atoms with Crippen LogP contribution >= 0.6 is 0 Å². The lowest BCUT2D eigenvalue weighted by atomic mass is 10.0. The molecule has 0 fully saturated rings. The fourth-order valence-electron chi connectivity index (χ4n) is 3.10. The second-order valence-corrected chi connectivity index (χ2v) is 6.67. The molecule has 144 valence electrons. The van der Waals surface area contributed by atoms with E-state index in [1.54, 1.807) is 4.90 Å². The summed E-state index contributed by atoms with van der Waals surface area (Å²) in [6.45, 7) is 5.02. The van der Waals surface area contributed by atoms with E-state index < -0.39 is 6.04 Å². The molecule has 0 radical (unpaired) electrons. The Morgan fingerprint density at radius 2 is 1.56 bits per heavy atom. The first kappa shape index (κ1) is 20.7. The molecule has 0 spiro atoms. The molecule has 0 aliphatic heterocycles. The smallest absolute Gasteiger partial charge is 0.247 e. The molecule has 1 N–H and O–H groups in total. The maximum Gasteiger partial charge on any atom is 0.247 e. The van der Waals surface area contributed by atoms with Crippen molar-refractivity contribution in [3.63, 3.8) is 0 Å². The maximum absolute atomic E-state index is 13.1. The summed E-state index contributed by atoms with van der Waals surface area (Å²) < 4.78 is 0. The van der Waals surface area contributed by atoms with Crippen molar-refractivity contribution >= 4 is 11.8 Å². The predicted octanol–water partition coefficient (Wildman–Crippen LogP) is 4.47. The minimum Gasteiger partial charge on any atom is -0.354 e. The van der Waals surface area contributed by atoms with E-state index in [9.17, 15) is 9.59 Å². The molecule has 0 aliphatic rings. The highest BCUT2D eigenvalue weighted by atomic mass is 16.2. The van der Waals surface area contributed by atoms with Gasteiger partial charge in [-0.25, -0.2) is 0 Å². The van der Waals surface area contributed by atoms with Gasteiger partial charge in [0.25, 0.3) is 0 Å². The summed E-state index contributed by atoms with van der Waals surface area (Å²) in [5.74, 6) is -0.147. The Morgan fingerprint density at radius 1 is 0.926 bits per heavy atom. The van der Waals surface area contributed by atoms with E-state index >= 15 is 0 Å². The standard InChI is InChI=1S/C23H30N2O2/c1-3-5-12-17-24-23(27)22(20-15-10-7-11-16-20)25(21(26)4-2)18-19-13-8-6-9-14-19/h6-11,13-16,22H,3-5,12,17-18H2,1-2H3,(H,24,27)/t22-/m0/s1. The van der Waals surface area contributed by atoms with Crippen LogP contribution in [0.2, 0.25) is 0 Å². The average molecular weight is 367 g/mol. The monoisotopic (exact) mass is 366 g/mol. The molecule has 0 aromatic heterocycles. The Labute approximate surface area is 162 Å². The molecular formula is C23H30N2O2. The molecule has 0 unspecified atom stereocenters. The lowest BCUT2D eigenvalue weighted by molar-refractivity contribution is -0.141. The molecule has 4 nitrogen and oxygen atoms in total. The number of carbonyl (C=O) groups is 2. The molecule has 0 bridgehead atoms. The lowest BCUT2D eigenvalue weighted by Crippen LogP contribution is -2.43. The maximum atomic E-state index is 13.1. The van der Waals surface area contributed by atoms with Gasteiger partial charge in [-0.2, -0.15) is 0 Å². The second-order valence-electron chi connectivity index (χ2n) is 6.67. The van der Waals surface area contributed by atoms with Crippen molar-refractivity contribution in [3.8, 4) is 0 Å². The quantitative estimate of drug-likeness (QED) is 0.631. The van der Waals surface area contributed by atoms with Gasteiger partial charge in [0, 0.05) is 19.5 Å². The van der Waals surface area contributed by atoms with Gasteiger partial charge in [0.2, 0.25) is 11.8 Å². The van der Waals surface area contributed by atoms with Gasteiger partial charge < -0.3 is 10.2 Å². The number of rotatable bonds is 10. The third-order valence-corrected chi connectivity index (χ3v) is 4.57. The summed E-state index contributed by atoms with van der Waals surface area (Å²) in [7, 11) is 0. The number of benzene rings is 2. The fraction of sp³-hybridized carbons (Fsp3) is 0.391. The van der Waals surface area contributed by atoms with Gasteiger partial charge in [0.05, 0.1) is 0 Å². The van der Waals surface area contributed by atoms with Crippen LogP contribution in [-0.4, -0.2) is 23.3 Å². The predicted molar refractivity (Wildman–Crippen MR) is 109 cm³/mol. The third kappa shape index (κ3) is 6.24. The van der Waals surface area contributed by atoms with Crippen LogP contribution in [0.3, 0.4) is 0 Å². The zero-order valence-corrected chi connectivity index (χ0v) is 16.4. The van der Waals surface area contributed by atoms with E-state index in [4.69, 9.17) is 0 Å². The van der Waals surface area contributed by atoms with Gasteiger partial charge in [-0.15, -0.1) is 0 Å². The van der Waals surface area contributed by atoms with Crippen LogP contribution in [-0.2, 0) is 16.1 Å². The van der Waals surface area contributed by atoms with Crippen LogP contribution in [0.4, 0.5) is 0 Å². The number of unbranched alkanes of at least 4 members (excludes halogenated alkanes) is 2. The number of nitrogens with one attached hydrogen (secondary N) is 1. The normalized spacial score (nSPS) is 11.6. The summed E-state index contributed by atoms with van der Waals surface area (Å²) in [4.78, 5) is 27.5. The van der Waals surface area contributed by atoms with Crippen LogP contribution in [0.15, 0.2) is 60.7 Å². The van der Waals surface area contributed by atoms with E-state index in [2.05, 4.69) is 12.2 Å². The molecule has 2 amide bonds. The number of hydrogen-bond donors (Lipinski definition) is 1. The zero-order valence-electron chi connectivity index (χ0n) is 16.4. The number of carbonyl (C=O) groups excluding carboxylic acids is 2. The molecule has 0 aliphatic carbocycles. The molecule has 0 saturated carbocycles. The second kappa shape index (κ2) is 11.2. The van der Waals surface area contributed by atoms with Crippen molar-refractivity contribution in [2.75, 3.05) is 6.54 Å². The molecular weight excluding hydrogens is 336 g/mol. The molecule has 2 aromatic carbocycles. The largest absolute Gasteiger partial charge is 0.354 e. The van der Waals surface area contributed by atoms with E-state index in [0.29, 0.717) is 19.5 Å². The van der Waals surface area contributed by atoms with Crippen LogP contribution < -0.4 is 5.32 Å². The van der Waals surface area contributed by atoms with Crippen molar-refractivity contribution in [3.05, 3.63) is 71.8 Å². The highest BCUT2D eigenvalue weighted by molar-refractivity contribution is 5.88. The summed E-state index contributed by atoms with van der Waals surface area (Å²) in [6.07, 6.45) is 3.49. The van der Waals surface area contributed by atoms with Crippen LogP contribution in [0, 0.1) is 0 Å². The van der Waals surface area contributed by atoms with Crippen molar-refractivity contribution < 1.29 is 9.59 Å². The average Bonchev–Trinajstić information content (AvgIpc) is 2.71. The van der Waals surface area contributed by atoms with Gasteiger partial charge in [-0.05, 0) is 17.5 Å². The Bertz CT molecular complexity index is 701. The van der Waals surface area contributed by atoms with E-state index in [1.807, 2.05) is 67.6 Å². The van der Waals surface area contributed by atoms with Crippen LogP contribution in [0.25, 0.3) is 0 Å². The lowest BCUT2D eigenvalue weighted by Gasteiger charge is -2.31.